The molecule has 4 bridgehead atoms. The molecule has 5 fully saturated rings. The predicted molar refractivity (Wildman–Crippen MR) is 125 cm³/mol. The van der Waals surface area contributed by atoms with Crippen molar-refractivity contribution in [3.05, 3.63) is 29.3 Å². The first-order chi connectivity index (χ1) is 15.2. The Balaban J connectivity index is 1.25. The van der Waals surface area contributed by atoms with E-state index in [1.54, 1.807) is 28.6 Å². The maximum atomic E-state index is 13.0. The molecular formula is C22H31ClN4O4S. The van der Waals surface area contributed by atoms with E-state index >= 15 is 0 Å². The van der Waals surface area contributed by atoms with Crippen molar-refractivity contribution in [3.8, 4) is 0 Å². The van der Waals surface area contributed by atoms with Gasteiger partial charge < -0.3 is 11.1 Å². The Labute approximate surface area is 195 Å². The highest BCUT2D eigenvalue weighted by molar-refractivity contribution is 8.23. The molecule has 1 saturated heterocycles. The van der Waals surface area contributed by atoms with Crippen LogP contribution >= 0.6 is 22.6 Å². The minimum absolute atomic E-state index is 0.0328. The SMILES string of the molecule is NC(=O)C12CC3CC(C1)C(NC(=O)CN1CCCN(c4ccc(Cl)cc4)S1(O)O)C(C3)C2. The van der Waals surface area contributed by atoms with E-state index in [1.807, 2.05) is 0 Å². The van der Waals surface area contributed by atoms with Gasteiger partial charge >= 0.3 is 0 Å². The lowest BCUT2D eigenvalue weighted by molar-refractivity contribution is -0.147. The minimum Gasteiger partial charge on any atom is -0.369 e. The Morgan fingerprint density at radius 3 is 2.41 bits per heavy atom. The molecule has 1 aliphatic heterocycles. The van der Waals surface area contributed by atoms with Gasteiger partial charge in [0, 0.05) is 29.6 Å². The number of anilines is 1. The second-order valence-electron chi connectivity index (χ2n) is 9.99. The summed E-state index contributed by atoms with van der Waals surface area (Å²) in [7, 11) is -3.31. The maximum Gasteiger partial charge on any atom is 0.236 e. The Kier molecular flexibility index (Phi) is 5.61. The Morgan fingerprint density at radius 1 is 1.12 bits per heavy atom. The molecule has 5 aliphatic rings. The topological polar surface area (TPSA) is 119 Å². The molecule has 0 radical (unpaired) electrons. The van der Waals surface area contributed by atoms with E-state index in [-0.39, 0.29) is 41.7 Å². The number of carbonyl (C=O) groups excluding carboxylic acids is 2. The average molecular weight is 483 g/mol. The van der Waals surface area contributed by atoms with E-state index in [1.165, 1.54) is 4.31 Å². The first kappa shape index (κ1) is 22.3. The van der Waals surface area contributed by atoms with Crippen LogP contribution in [0.5, 0.6) is 0 Å². The van der Waals surface area contributed by atoms with Crippen LogP contribution in [0, 0.1) is 23.2 Å². The van der Waals surface area contributed by atoms with Crippen molar-refractivity contribution in [1.29, 1.82) is 0 Å². The highest BCUT2D eigenvalue weighted by Gasteiger charge is 2.58. The largest absolute Gasteiger partial charge is 0.369 e. The first-order valence-electron chi connectivity index (χ1n) is 11.3. The number of rotatable bonds is 5. The molecule has 176 valence electrons. The third kappa shape index (κ3) is 3.77. The Bertz CT molecular complexity index is 898. The molecule has 2 amide bonds. The van der Waals surface area contributed by atoms with Crippen LogP contribution in [0.25, 0.3) is 0 Å². The van der Waals surface area contributed by atoms with E-state index in [2.05, 4.69) is 5.32 Å². The van der Waals surface area contributed by atoms with Crippen LogP contribution in [-0.4, -0.2) is 50.9 Å². The first-order valence-corrected chi connectivity index (χ1v) is 13.2. The summed E-state index contributed by atoms with van der Waals surface area (Å²) in [5, 5.41) is 3.76. The van der Waals surface area contributed by atoms with Crippen molar-refractivity contribution in [2.75, 3.05) is 23.9 Å². The van der Waals surface area contributed by atoms with Gasteiger partial charge in [0.05, 0.1) is 12.2 Å². The number of nitrogens with two attached hydrogens (primary N) is 1. The second kappa shape index (κ2) is 8.06. The quantitative estimate of drug-likeness (QED) is 0.511. The number of benzene rings is 1. The van der Waals surface area contributed by atoms with Crippen LogP contribution < -0.4 is 15.4 Å². The molecule has 2 atom stereocenters. The van der Waals surface area contributed by atoms with Gasteiger partial charge in [0.15, 0.2) is 0 Å². The molecule has 4 saturated carbocycles. The van der Waals surface area contributed by atoms with Gasteiger partial charge in [-0.15, -0.1) is 0 Å². The number of nitrogens with zero attached hydrogens (tertiary/aromatic N) is 2. The standard InChI is InChI=1S/C22H31ClN4O4S/c23-17-2-4-18(5-3-17)27-7-1-6-26(32(27,30)31)13-19(28)25-20-15-8-14-9-16(20)12-22(10-14,11-15)21(24)29/h2-5,14-16,20,30-31H,1,6-13H2,(H2,24,29)(H,25,28). The van der Waals surface area contributed by atoms with Crippen molar-refractivity contribution in [1.82, 2.24) is 9.62 Å². The van der Waals surface area contributed by atoms with E-state index in [0.717, 1.165) is 32.1 Å². The van der Waals surface area contributed by atoms with Crippen LogP contribution in [0.2, 0.25) is 5.02 Å². The van der Waals surface area contributed by atoms with Crippen LogP contribution in [0.3, 0.4) is 0 Å². The van der Waals surface area contributed by atoms with E-state index in [0.29, 0.717) is 36.1 Å². The number of hydrogen-bond acceptors (Lipinski definition) is 6. The van der Waals surface area contributed by atoms with Crippen LogP contribution in [0.4, 0.5) is 5.69 Å². The molecule has 2 unspecified atom stereocenters. The fourth-order valence-electron chi connectivity index (χ4n) is 6.77. The van der Waals surface area contributed by atoms with Gasteiger partial charge in [0.2, 0.25) is 11.8 Å². The van der Waals surface area contributed by atoms with Crippen LogP contribution in [-0.2, 0) is 9.59 Å². The number of carbonyl (C=O) groups is 2. The second-order valence-corrected chi connectivity index (χ2v) is 12.4. The number of amides is 2. The third-order valence-electron chi connectivity index (χ3n) is 7.97. The lowest BCUT2D eigenvalue weighted by Gasteiger charge is -2.59. The maximum absolute atomic E-state index is 13.0. The molecular weight excluding hydrogens is 452 g/mol. The minimum atomic E-state index is -3.31. The zero-order chi connectivity index (χ0) is 22.7. The lowest BCUT2D eigenvalue weighted by atomic mass is 9.47. The molecule has 1 aromatic rings. The fraction of sp³-hybridized carbons (Fsp3) is 0.636. The van der Waals surface area contributed by atoms with Crippen LogP contribution in [0.1, 0.15) is 38.5 Å². The summed E-state index contributed by atoms with van der Waals surface area (Å²) < 4.78 is 25.0. The lowest BCUT2D eigenvalue weighted by Crippen LogP contribution is -2.62. The zero-order valence-corrected chi connectivity index (χ0v) is 19.5. The molecule has 8 nitrogen and oxygen atoms in total. The summed E-state index contributed by atoms with van der Waals surface area (Å²) in [6.07, 6.45) is 5.17. The van der Waals surface area contributed by atoms with Crippen LogP contribution in [0.15, 0.2) is 24.3 Å². The fourth-order valence-corrected chi connectivity index (χ4v) is 8.62. The van der Waals surface area contributed by atoms with Crippen molar-refractivity contribution >= 4 is 40.1 Å². The van der Waals surface area contributed by atoms with Gasteiger partial charge in [-0.3, -0.25) is 23.0 Å². The molecule has 5 N–H and O–H groups in total. The Morgan fingerprint density at radius 2 is 1.78 bits per heavy atom. The van der Waals surface area contributed by atoms with Gasteiger partial charge in [-0.25, -0.2) is 0 Å². The zero-order valence-electron chi connectivity index (χ0n) is 18.0. The van der Waals surface area contributed by atoms with E-state index < -0.39 is 11.0 Å². The van der Waals surface area contributed by atoms with Gasteiger partial charge in [0.1, 0.15) is 0 Å². The summed E-state index contributed by atoms with van der Waals surface area (Å²) in [4.78, 5) is 25.1. The summed E-state index contributed by atoms with van der Waals surface area (Å²) >= 11 is 5.96. The molecule has 0 spiro atoms. The predicted octanol–water partition coefficient (Wildman–Crippen LogP) is 3.23. The van der Waals surface area contributed by atoms with Crippen molar-refractivity contribution in [2.45, 2.75) is 44.6 Å². The summed E-state index contributed by atoms with van der Waals surface area (Å²) in [5.74, 6) is 0.671. The van der Waals surface area contributed by atoms with Gasteiger partial charge in [-0.1, -0.05) is 22.6 Å². The Hall–Kier alpha value is -1.52. The van der Waals surface area contributed by atoms with Gasteiger partial charge in [0.25, 0.3) is 0 Å². The van der Waals surface area contributed by atoms with E-state index in [9.17, 15) is 18.7 Å². The van der Waals surface area contributed by atoms with Crippen molar-refractivity contribution in [3.63, 3.8) is 0 Å². The highest BCUT2D eigenvalue weighted by atomic mass is 35.5. The molecule has 10 heteroatoms. The number of primary amides is 1. The number of halogens is 1. The van der Waals surface area contributed by atoms with Crippen molar-refractivity contribution < 1.29 is 18.7 Å². The molecule has 6 rings (SSSR count). The smallest absolute Gasteiger partial charge is 0.236 e. The molecule has 0 aromatic heterocycles. The molecule has 32 heavy (non-hydrogen) atoms. The van der Waals surface area contributed by atoms with E-state index in [4.69, 9.17) is 17.3 Å². The molecule has 1 heterocycles. The number of nitrogens with one attached hydrogen (secondary N) is 1. The monoisotopic (exact) mass is 482 g/mol. The summed E-state index contributed by atoms with van der Waals surface area (Å²) in [5.41, 5.74) is 6.04. The molecule has 4 aliphatic carbocycles. The molecule has 1 aromatic carbocycles. The summed E-state index contributed by atoms with van der Waals surface area (Å²) in [6, 6.07) is 6.96. The van der Waals surface area contributed by atoms with Gasteiger partial charge in [-0.2, -0.15) is 4.31 Å². The normalized spacial score (nSPS) is 36.7. The summed E-state index contributed by atoms with van der Waals surface area (Å²) in [6.45, 7) is 0.850. The number of hydrogen-bond donors (Lipinski definition) is 4. The van der Waals surface area contributed by atoms with Gasteiger partial charge in [-0.05, 0) is 80.5 Å². The average Bonchev–Trinajstić information content (AvgIpc) is 2.72. The van der Waals surface area contributed by atoms with Crippen molar-refractivity contribution in [2.24, 2.45) is 28.9 Å². The third-order valence-corrected chi connectivity index (χ3v) is 10.2. The highest BCUT2D eigenvalue weighted by Crippen LogP contribution is 2.60.